The molecule has 0 N–H and O–H groups in total. The number of hydrogen-bond acceptors (Lipinski definition) is 4. The molecule has 2 aromatic rings. The molecule has 5 nitrogen and oxygen atoms in total. The first-order chi connectivity index (χ1) is 12.1. The molecule has 7 heteroatoms. The van der Waals surface area contributed by atoms with E-state index in [0.717, 1.165) is 50.6 Å². The van der Waals surface area contributed by atoms with Crippen LogP contribution in [0.15, 0.2) is 24.3 Å². The number of aryl methyl sites for hydroxylation is 1. The largest absolute Gasteiger partial charge is 0.475 e. The van der Waals surface area contributed by atoms with E-state index < -0.39 is 0 Å². The molecule has 0 aliphatic carbocycles. The lowest BCUT2D eigenvalue weighted by molar-refractivity contribution is 0.120. The molecular weight excluding hydrogens is 359 g/mol. The molecule has 1 aromatic carbocycles. The van der Waals surface area contributed by atoms with Gasteiger partial charge in [-0.2, -0.15) is 0 Å². The minimum absolute atomic E-state index is 0.516. The number of benzene rings is 1. The van der Waals surface area contributed by atoms with Crippen LogP contribution < -0.4 is 4.74 Å². The van der Waals surface area contributed by atoms with Crippen molar-refractivity contribution in [3.05, 3.63) is 40.0 Å². The Morgan fingerprint density at radius 1 is 1.04 bits per heavy atom. The van der Waals surface area contributed by atoms with Crippen molar-refractivity contribution < 1.29 is 4.74 Å². The molecule has 1 aromatic heterocycles. The van der Waals surface area contributed by atoms with Gasteiger partial charge in [-0.05, 0) is 31.7 Å². The molecule has 1 aliphatic heterocycles. The fourth-order valence-corrected chi connectivity index (χ4v) is 3.30. The summed E-state index contributed by atoms with van der Waals surface area (Å²) >= 11 is 12.1. The molecule has 0 atom stereocenters. The Morgan fingerprint density at radius 3 is 2.44 bits per heavy atom. The topological polar surface area (TPSA) is 33.5 Å². The lowest BCUT2D eigenvalue weighted by Gasteiger charge is -2.33. The van der Waals surface area contributed by atoms with Crippen molar-refractivity contribution in [1.82, 2.24) is 19.6 Å². The van der Waals surface area contributed by atoms with Crippen LogP contribution in [0.3, 0.4) is 0 Å². The second kappa shape index (κ2) is 8.41. The maximum Gasteiger partial charge on any atom is 0.233 e. The van der Waals surface area contributed by atoms with Crippen LogP contribution >= 0.6 is 23.2 Å². The molecule has 1 fully saturated rings. The summed E-state index contributed by atoms with van der Waals surface area (Å²) in [5.41, 5.74) is 1.86. The van der Waals surface area contributed by atoms with Crippen molar-refractivity contribution in [2.24, 2.45) is 0 Å². The van der Waals surface area contributed by atoms with Gasteiger partial charge in [-0.25, -0.2) is 4.68 Å². The Kier molecular flexibility index (Phi) is 6.23. The molecule has 2 heterocycles. The number of ether oxygens (including phenoxy) is 1. The van der Waals surface area contributed by atoms with Crippen LogP contribution in [0.1, 0.15) is 12.6 Å². The van der Waals surface area contributed by atoms with Gasteiger partial charge in [0.15, 0.2) is 0 Å². The number of piperazine rings is 1. The van der Waals surface area contributed by atoms with E-state index in [9.17, 15) is 0 Å². The van der Waals surface area contributed by atoms with E-state index in [1.165, 1.54) is 0 Å². The summed E-state index contributed by atoms with van der Waals surface area (Å²) in [5.74, 6) is 0.635. The third-order valence-corrected chi connectivity index (χ3v) is 5.32. The smallest absolute Gasteiger partial charge is 0.233 e. The molecule has 0 spiro atoms. The van der Waals surface area contributed by atoms with E-state index in [-0.39, 0.29) is 0 Å². The summed E-state index contributed by atoms with van der Waals surface area (Å²) in [4.78, 5) is 4.91. The normalized spacial score (nSPS) is 16.3. The monoisotopic (exact) mass is 382 g/mol. The molecule has 1 aliphatic rings. The van der Waals surface area contributed by atoms with E-state index in [1.807, 2.05) is 23.7 Å². The van der Waals surface area contributed by atoms with Crippen LogP contribution in [0, 0.1) is 6.92 Å². The molecule has 0 unspecified atom stereocenters. The molecular formula is C18H24Cl2N4O. The number of rotatable bonds is 6. The van der Waals surface area contributed by atoms with Gasteiger partial charge in [0.1, 0.15) is 6.61 Å². The predicted octanol–water partition coefficient (Wildman–Crippen LogP) is 3.50. The SMILES string of the molecule is CCN1CCN(CCOc2cc(C)n(-c3ccc(Cl)c(Cl)c3)n2)CC1. The molecule has 1 saturated heterocycles. The Hall–Kier alpha value is -1.27. The highest BCUT2D eigenvalue weighted by Crippen LogP contribution is 2.25. The Bertz CT molecular complexity index is 711. The van der Waals surface area contributed by atoms with E-state index >= 15 is 0 Å². The zero-order valence-corrected chi connectivity index (χ0v) is 16.2. The Balaban J connectivity index is 1.55. The van der Waals surface area contributed by atoms with Crippen molar-refractivity contribution in [2.75, 3.05) is 45.9 Å². The van der Waals surface area contributed by atoms with Gasteiger partial charge in [0.2, 0.25) is 5.88 Å². The molecule has 136 valence electrons. The second-order valence-corrected chi connectivity index (χ2v) is 7.07. The van der Waals surface area contributed by atoms with Gasteiger partial charge in [0, 0.05) is 44.5 Å². The Morgan fingerprint density at radius 2 is 1.76 bits per heavy atom. The van der Waals surface area contributed by atoms with Gasteiger partial charge < -0.3 is 9.64 Å². The van der Waals surface area contributed by atoms with Crippen molar-refractivity contribution in [3.8, 4) is 11.6 Å². The minimum Gasteiger partial charge on any atom is -0.475 e. The second-order valence-electron chi connectivity index (χ2n) is 6.26. The van der Waals surface area contributed by atoms with Crippen molar-refractivity contribution in [2.45, 2.75) is 13.8 Å². The van der Waals surface area contributed by atoms with Crippen LogP contribution in [-0.4, -0.2) is 65.5 Å². The summed E-state index contributed by atoms with van der Waals surface area (Å²) in [6.45, 7) is 11.4. The van der Waals surface area contributed by atoms with Crippen molar-refractivity contribution in [3.63, 3.8) is 0 Å². The van der Waals surface area contributed by atoms with E-state index in [1.54, 1.807) is 12.1 Å². The summed E-state index contributed by atoms with van der Waals surface area (Å²) in [6, 6.07) is 7.42. The number of aromatic nitrogens is 2. The number of halogens is 2. The van der Waals surface area contributed by atoms with Crippen LogP contribution in [0.2, 0.25) is 10.0 Å². The highest BCUT2D eigenvalue weighted by Gasteiger charge is 2.15. The average Bonchev–Trinajstić information content (AvgIpc) is 2.98. The number of hydrogen-bond donors (Lipinski definition) is 0. The first-order valence-corrected chi connectivity index (χ1v) is 9.42. The van der Waals surface area contributed by atoms with Gasteiger partial charge in [0.25, 0.3) is 0 Å². The number of likely N-dealkylation sites (N-methyl/N-ethyl adjacent to an activating group) is 1. The summed E-state index contributed by atoms with van der Waals surface area (Å²) in [6.07, 6.45) is 0. The van der Waals surface area contributed by atoms with Gasteiger partial charge in [-0.15, -0.1) is 5.10 Å². The summed E-state index contributed by atoms with van der Waals surface area (Å²) in [5, 5.41) is 5.58. The summed E-state index contributed by atoms with van der Waals surface area (Å²) in [7, 11) is 0. The fourth-order valence-electron chi connectivity index (χ4n) is 3.00. The minimum atomic E-state index is 0.516. The molecule has 0 radical (unpaired) electrons. The van der Waals surface area contributed by atoms with Crippen molar-refractivity contribution in [1.29, 1.82) is 0 Å². The highest BCUT2D eigenvalue weighted by atomic mass is 35.5. The Labute approximate surface area is 159 Å². The predicted molar refractivity (Wildman–Crippen MR) is 102 cm³/mol. The maximum atomic E-state index is 6.10. The highest BCUT2D eigenvalue weighted by molar-refractivity contribution is 6.42. The summed E-state index contributed by atoms with van der Waals surface area (Å²) < 4.78 is 7.67. The van der Waals surface area contributed by atoms with Crippen LogP contribution in [0.4, 0.5) is 0 Å². The fraction of sp³-hybridized carbons (Fsp3) is 0.500. The number of nitrogens with zero attached hydrogens (tertiary/aromatic N) is 4. The zero-order valence-electron chi connectivity index (χ0n) is 14.7. The van der Waals surface area contributed by atoms with Crippen molar-refractivity contribution >= 4 is 23.2 Å². The van der Waals surface area contributed by atoms with Gasteiger partial charge >= 0.3 is 0 Å². The van der Waals surface area contributed by atoms with Crippen LogP contribution in [0.5, 0.6) is 5.88 Å². The van der Waals surface area contributed by atoms with Crippen LogP contribution in [-0.2, 0) is 0 Å². The lowest BCUT2D eigenvalue weighted by Crippen LogP contribution is -2.47. The maximum absolute atomic E-state index is 6.10. The molecule has 0 amide bonds. The third-order valence-electron chi connectivity index (χ3n) is 4.58. The van der Waals surface area contributed by atoms with E-state index in [4.69, 9.17) is 27.9 Å². The molecule has 25 heavy (non-hydrogen) atoms. The zero-order chi connectivity index (χ0) is 17.8. The first-order valence-electron chi connectivity index (χ1n) is 8.66. The average molecular weight is 383 g/mol. The molecule has 0 saturated carbocycles. The standard InChI is InChI=1S/C18H24Cl2N4O/c1-3-22-6-8-23(9-7-22)10-11-25-18-12-14(2)24(21-18)15-4-5-16(19)17(20)13-15/h4-5,12-13H,3,6-11H2,1-2H3. The van der Waals surface area contributed by atoms with E-state index in [0.29, 0.717) is 22.5 Å². The molecule has 3 rings (SSSR count). The van der Waals surface area contributed by atoms with Gasteiger partial charge in [0.05, 0.1) is 15.7 Å². The quantitative estimate of drug-likeness (QED) is 0.765. The third kappa shape index (κ3) is 4.67. The molecule has 0 bridgehead atoms. The van der Waals surface area contributed by atoms with E-state index in [2.05, 4.69) is 21.8 Å². The first kappa shape index (κ1) is 18.5. The van der Waals surface area contributed by atoms with Gasteiger partial charge in [-0.3, -0.25) is 4.90 Å². The van der Waals surface area contributed by atoms with Gasteiger partial charge in [-0.1, -0.05) is 30.1 Å². The van der Waals surface area contributed by atoms with Crippen LogP contribution in [0.25, 0.3) is 5.69 Å². The lowest BCUT2D eigenvalue weighted by atomic mass is 10.3.